The van der Waals surface area contributed by atoms with Gasteiger partial charge in [0.2, 0.25) is 5.78 Å². The number of hydrogen-bond acceptors (Lipinski definition) is 6. The molecular formula is C19H20N3O6+. The van der Waals surface area contributed by atoms with Gasteiger partial charge in [0.15, 0.2) is 11.5 Å². The second-order valence-corrected chi connectivity index (χ2v) is 6.78. The van der Waals surface area contributed by atoms with Crippen molar-refractivity contribution in [3.05, 3.63) is 75.4 Å². The Morgan fingerprint density at radius 3 is 2.50 bits per heavy atom. The van der Waals surface area contributed by atoms with Crippen molar-refractivity contribution in [2.45, 2.75) is 6.04 Å². The maximum Gasteiger partial charge on any atom is 0.290 e. The third-order valence-electron chi connectivity index (χ3n) is 4.57. The zero-order valence-corrected chi connectivity index (χ0v) is 15.4. The lowest BCUT2D eigenvalue weighted by Crippen LogP contribution is -3.06. The number of Topliss-reactive ketones (excluding diaryl/α,β-unsaturated/α-hetero) is 1. The Balaban J connectivity index is 2.05. The number of aliphatic hydroxyl groups is 1. The van der Waals surface area contributed by atoms with Gasteiger partial charge in [-0.05, 0) is 29.8 Å². The summed E-state index contributed by atoms with van der Waals surface area (Å²) < 4.78 is 5.14. The number of rotatable bonds is 7. The Morgan fingerprint density at radius 1 is 1.29 bits per heavy atom. The van der Waals surface area contributed by atoms with Crippen LogP contribution in [0.5, 0.6) is 0 Å². The van der Waals surface area contributed by atoms with Crippen LogP contribution < -0.4 is 4.90 Å². The van der Waals surface area contributed by atoms with Crippen LogP contribution in [0.3, 0.4) is 0 Å². The van der Waals surface area contributed by atoms with E-state index in [-0.39, 0.29) is 17.0 Å². The summed E-state index contributed by atoms with van der Waals surface area (Å²) in [6.45, 7) is 0.881. The molecule has 1 amide bonds. The van der Waals surface area contributed by atoms with Gasteiger partial charge in [0.1, 0.15) is 0 Å². The van der Waals surface area contributed by atoms with Gasteiger partial charge in [0.25, 0.3) is 11.6 Å². The first-order valence-corrected chi connectivity index (χ1v) is 8.67. The van der Waals surface area contributed by atoms with Gasteiger partial charge < -0.3 is 19.3 Å². The van der Waals surface area contributed by atoms with Gasteiger partial charge in [-0.25, -0.2) is 0 Å². The molecule has 0 radical (unpaired) electrons. The number of nitrogens with one attached hydrogen (secondary N) is 1. The van der Waals surface area contributed by atoms with Gasteiger partial charge in [-0.1, -0.05) is 0 Å². The quantitative estimate of drug-likeness (QED) is 0.415. The van der Waals surface area contributed by atoms with Crippen molar-refractivity contribution >= 4 is 17.4 Å². The highest BCUT2D eigenvalue weighted by atomic mass is 16.6. The summed E-state index contributed by atoms with van der Waals surface area (Å²) in [6, 6.07) is 7.71. The van der Waals surface area contributed by atoms with E-state index < -0.39 is 28.4 Å². The van der Waals surface area contributed by atoms with E-state index in [2.05, 4.69) is 0 Å². The number of ketones is 1. The van der Waals surface area contributed by atoms with E-state index in [9.17, 15) is 24.8 Å². The number of nitro groups is 1. The van der Waals surface area contributed by atoms with E-state index in [1.54, 1.807) is 0 Å². The predicted octanol–water partition coefficient (Wildman–Crippen LogP) is 0.911. The lowest BCUT2D eigenvalue weighted by atomic mass is 9.95. The van der Waals surface area contributed by atoms with Gasteiger partial charge in [-0.15, -0.1) is 0 Å². The number of non-ortho nitro benzene ring substituents is 1. The number of hydrogen-bond donors (Lipinski definition) is 2. The Labute approximate surface area is 160 Å². The zero-order valence-electron chi connectivity index (χ0n) is 15.4. The predicted molar refractivity (Wildman–Crippen MR) is 97.9 cm³/mol. The highest BCUT2D eigenvalue weighted by molar-refractivity contribution is 6.15. The molecule has 2 N–H and O–H groups in total. The number of carbonyl (C=O) groups is 2. The minimum absolute atomic E-state index is 0.00125. The topological polar surface area (TPSA) is 118 Å². The Hall–Kier alpha value is -3.46. The number of quaternary nitrogens is 1. The van der Waals surface area contributed by atoms with E-state index in [4.69, 9.17) is 4.42 Å². The Morgan fingerprint density at radius 2 is 1.96 bits per heavy atom. The van der Waals surface area contributed by atoms with E-state index in [1.165, 1.54) is 47.6 Å². The summed E-state index contributed by atoms with van der Waals surface area (Å²) >= 11 is 0. The minimum Gasteiger partial charge on any atom is -0.503 e. The summed E-state index contributed by atoms with van der Waals surface area (Å²) in [6.07, 6.45) is 1.33. The molecular weight excluding hydrogens is 366 g/mol. The third kappa shape index (κ3) is 3.52. The molecule has 28 heavy (non-hydrogen) atoms. The molecule has 1 atom stereocenters. The van der Waals surface area contributed by atoms with Crippen molar-refractivity contribution < 1.29 is 28.9 Å². The number of likely N-dealkylation sites (N-methyl/N-ethyl adjacent to an activating group) is 1. The average molecular weight is 386 g/mol. The molecule has 0 aliphatic carbocycles. The molecule has 9 heteroatoms. The van der Waals surface area contributed by atoms with Crippen molar-refractivity contribution in [3.63, 3.8) is 0 Å². The monoisotopic (exact) mass is 386 g/mol. The molecule has 1 aromatic carbocycles. The van der Waals surface area contributed by atoms with Crippen LogP contribution >= 0.6 is 0 Å². The molecule has 0 saturated carbocycles. The number of furan rings is 1. The normalized spacial score (nSPS) is 16.9. The highest BCUT2D eigenvalue weighted by Crippen LogP contribution is 2.39. The molecule has 146 valence electrons. The van der Waals surface area contributed by atoms with E-state index in [1.807, 2.05) is 14.1 Å². The van der Waals surface area contributed by atoms with Crippen LogP contribution in [-0.2, 0) is 4.79 Å². The van der Waals surface area contributed by atoms with Crippen LogP contribution in [0.15, 0.2) is 58.4 Å². The fourth-order valence-electron chi connectivity index (χ4n) is 3.13. The van der Waals surface area contributed by atoms with Crippen LogP contribution in [0.4, 0.5) is 5.69 Å². The van der Waals surface area contributed by atoms with Gasteiger partial charge in [0.05, 0.1) is 50.0 Å². The molecule has 9 nitrogen and oxygen atoms in total. The maximum absolute atomic E-state index is 12.9. The number of benzene rings is 1. The van der Waals surface area contributed by atoms with Crippen LogP contribution in [0.2, 0.25) is 0 Å². The molecule has 0 bridgehead atoms. The molecule has 3 rings (SSSR count). The number of nitro benzene ring substituents is 1. The lowest BCUT2D eigenvalue weighted by Gasteiger charge is -2.26. The van der Waals surface area contributed by atoms with Crippen LogP contribution in [-0.4, -0.2) is 53.8 Å². The first-order chi connectivity index (χ1) is 13.3. The Bertz CT molecular complexity index is 931. The van der Waals surface area contributed by atoms with Crippen molar-refractivity contribution in [1.82, 2.24) is 4.90 Å². The number of aliphatic hydroxyl groups excluding tert-OH is 1. The zero-order chi connectivity index (χ0) is 20.4. The summed E-state index contributed by atoms with van der Waals surface area (Å²) in [4.78, 5) is 38.5. The van der Waals surface area contributed by atoms with Crippen molar-refractivity contribution in [2.24, 2.45) is 0 Å². The molecule has 2 aromatic rings. The second-order valence-electron chi connectivity index (χ2n) is 6.78. The van der Waals surface area contributed by atoms with Crippen molar-refractivity contribution in [2.75, 3.05) is 27.2 Å². The van der Waals surface area contributed by atoms with E-state index in [0.29, 0.717) is 18.7 Å². The molecule has 0 spiro atoms. The van der Waals surface area contributed by atoms with Gasteiger partial charge in [-0.2, -0.15) is 0 Å². The number of nitrogens with zero attached hydrogens (tertiary/aromatic N) is 2. The summed E-state index contributed by atoms with van der Waals surface area (Å²) in [5.41, 5.74) is 0.290. The molecule has 0 saturated heterocycles. The van der Waals surface area contributed by atoms with Crippen molar-refractivity contribution in [1.29, 1.82) is 0 Å². The maximum atomic E-state index is 12.9. The van der Waals surface area contributed by atoms with Gasteiger partial charge >= 0.3 is 0 Å². The average Bonchev–Trinajstić information content (AvgIpc) is 3.28. The smallest absolute Gasteiger partial charge is 0.290 e. The first kappa shape index (κ1) is 19.3. The lowest BCUT2D eigenvalue weighted by molar-refractivity contribution is -0.857. The fraction of sp³-hybridized carbons (Fsp3) is 0.263. The highest BCUT2D eigenvalue weighted by Gasteiger charge is 2.44. The largest absolute Gasteiger partial charge is 0.503 e. The van der Waals surface area contributed by atoms with E-state index in [0.717, 1.165) is 4.90 Å². The molecule has 0 fully saturated rings. The standard InChI is InChI=1S/C19H19N3O6/c1-20(2)9-10-21-16(12-5-7-13(8-6-12)22(26)27)15(18(24)19(21)25)17(23)14-4-3-11-28-14/h3-8,11,16,24H,9-10H2,1-2H3/p+1/t16-/m1/s1. The summed E-state index contributed by atoms with van der Waals surface area (Å²) in [5, 5.41) is 21.4. The molecule has 0 unspecified atom stereocenters. The number of carbonyl (C=O) groups excluding carboxylic acids is 2. The molecule has 1 aliphatic heterocycles. The SMILES string of the molecule is C[NH+](C)CCN1C(=O)C(O)=C(C(=O)c2ccco2)[C@H]1c1ccc([N+](=O)[O-])cc1. The first-order valence-electron chi connectivity index (χ1n) is 8.67. The summed E-state index contributed by atoms with van der Waals surface area (Å²) in [7, 11) is 3.84. The fourth-order valence-corrected chi connectivity index (χ4v) is 3.13. The van der Waals surface area contributed by atoms with Gasteiger partial charge in [-0.3, -0.25) is 19.7 Å². The van der Waals surface area contributed by atoms with Crippen molar-refractivity contribution in [3.8, 4) is 0 Å². The van der Waals surface area contributed by atoms with Crippen LogP contribution in [0, 0.1) is 10.1 Å². The number of amides is 1. The Kier molecular flexibility index (Phi) is 5.27. The molecule has 1 aliphatic rings. The van der Waals surface area contributed by atoms with Crippen LogP contribution in [0.1, 0.15) is 22.2 Å². The van der Waals surface area contributed by atoms with Crippen LogP contribution in [0.25, 0.3) is 0 Å². The molecule has 2 heterocycles. The van der Waals surface area contributed by atoms with Gasteiger partial charge in [0, 0.05) is 12.1 Å². The molecule has 1 aromatic heterocycles. The third-order valence-corrected chi connectivity index (χ3v) is 4.57. The summed E-state index contributed by atoms with van der Waals surface area (Å²) in [5.74, 6) is -1.88. The second kappa shape index (κ2) is 7.65. The minimum atomic E-state index is -0.856. The van der Waals surface area contributed by atoms with E-state index >= 15 is 0 Å².